The third-order valence-electron chi connectivity index (χ3n) is 5.74. The zero-order valence-electron chi connectivity index (χ0n) is 21.5. The number of ether oxygens (including phenoxy) is 1. The van der Waals surface area contributed by atoms with Crippen LogP contribution >= 0.6 is 23.5 Å². The standard InChI is InChI=1S/C24H44N2O6S2/c1-7-8-12-32-13-11-24(5,6)22(31)25-16(20(27)28)14-33-18-9-10-19(18)34-15-17(21(29)30)26-23(2,3)4/h16-19,26H,7-15H2,1-6H3,(H,25,31)(H,27,28)(H,29,30). The molecule has 0 aliphatic heterocycles. The van der Waals surface area contributed by atoms with E-state index in [1.54, 1.807) is 37.4 Å². The van der Waals surface area contributed by atoms with Gasteiger partial charge in [-0.3, -0.25) is 14.9 Å². The molecule has 0 heterocycles. The number of hydrogen-bond acceptors (Lipinski definition) is 7. The van der Waals surface area contributed by atoms with E-state index in [4.69, 9.17) is 4.74 Å². The van der Waals surface area contributed by atoms with E-state index in [0.29, 0.717) is 25.4 Å². The SMILES string of the molecule is CCCCOCCC(C)(C)C(=O)NC(CSC1CCC1SCC(NC(C)(C)C)C(=O)O)C(=O)O. The van der Waals surface area contributed by atoms with Gasteiger partial charge in [-0.05, 0) is 46.5 Å². The third-order valence-corrected chi connectivity index (χ3v) is 8.95. The second-order valence-corrected chi connectivity index (χ2v) is 13.1. The van der Waals surface area contributed by atoms with Crippen LogP contribution < -0.4 is 10.6 Å². The molecule has 1 amide bonds. The molecule has 0 aromatic carbocycles. The lowest BCUT2D eigenvalue weighted by atomic mass is 9.88. The summed E-state index contributed by atoms with van der Waals surface area (Å²) in [6.07, 6.45) is 4.51. The van der Waals surface area contributed by atoms with Crippen molar-refractivity contribution in [3.63, 3.8) is 0 Å². The molecule has 34 heavy (non-hydrogen) atoms. The van der Waals surface area contributed by atoms with Crippen molar-refractivity contribution in [1.29, 1.82) is 0 Å². The molecule has 1 aliphatic rings. The molecular formula is C24H44N2O6S2. The van der Waals surface area contributed by atoms with E-state index in [9.17, 15) is 24.6 Å². The fourth-order valence-electron chi connectivity index (χ4n) is 3.27. The van der Waals surface area contributed by atoms with Crippen LogP contribution in [0.2, 0.25) is 0 Å². The largest absolute Gasteiger partial charge is 0.480 e. The molecule has 0 bridgehead atoms. The number of nitrogens with one attached hydrogen (secondary N) is 2. The molecule has 0 aromatic rings. The molecular weight excluding hydrogens is 476 g/mol. The summed E-state index contributed by atoms with van der Waals surface area (Å²) in [5.74, 6) is -1.44. The third kappa shape index (κ3) is 11.6. The summed E-state index contributed by atoms with van der Waals surface area (Å²) in [6, 6.07) is -1.59. The molecule has 0 aromatic heterocycles. The van der Waals surface area contributed by atoms with E-state index < -0.39 is 29.4 Å². The average molecular weight is 521 g/mol. The first-order valence-corrected chi connectivity index (χ1v) is 14.2. The van der Waals surface area contributed by atoms with E-state index in [1.165, 1.54) is 0 Å². The van der Waals surface area contributed by atoms with Crippen LogP contribution in [-0.4, -0.2) is 80.9 Å². The van der Waals surface area contributed by atoms with Crippen LogP contribution in [0.1, 0.15) is 73.6 Å². The summed E-state index contributed by atoms with van der Waals surface area (Å²) in [4.78, 5) is 36.1. The van der Waals surface area contributed by atoms with Gasteiger partial charge in [0.05, 0.1) is 0 Å². The number of amides is 1. The molecule has 1 saturated carbocycles. The summed E-state index contributed by atoms with van der Waals surface area (Å²) >= 11 is 3.18. The number of carbonyl (C=O) groups is 3. The maximum absolute atomic E-state index is 12.7. The van der Waals surface area contributed by atoms with Crippen LogP contribution in [0.4, 0.5) is 0 Å². The minimum atomic E-state index is -1.04. The molecule has 1 fully saturated rings. The lowest BCUT2D eigenvalue weighted by molar-refractivity contribution is -0.143. The zero-order chi connectivity index (χ0) is 25.9. The Labute approximate surface area is 213 Å². The first-order valence-electron chi connectivity index (χ1n) is 12.1. The van der Waals surface area contributed by atoms with Crippen LogP contribution in [0.3, 0.4) is 0 Å². The van der Waals surface area contributed by atoms with Gasteiger partial charge < -0.3 is 20.3 Å². The van der Waals surface area contributed by atoms with E-state index in [0.717, 1.165) is 25.7 Å². The van der Waals surface area contributed by atoms with Crippen LogP contribution in [0, 0.1) is 5.41 Å². The van der Waals surface area contributed by atoms with Gasteiger partial charge in [0.1, 0.15) is 12.1 Å². The Hall–Kier alpha value is -0.970. The van der Waals surface area contributed by atoms with Gasteiger partial charge in [0.15, 0.2) is 0 Å². The number of carbonyl (C=O) groups excluding carboxylic acids is 1. The average Bonchev–Trinajstić information content (AvgIpc) is 2.70. The smallest absolute Gasteiger partial charge is 0.327 e. The van der Waals surface area contributed by atoms with Crippen LogP contribution in [-0.2, 0) is 19.1 Å². The number of carboxylic acid groups (broad SMARTS) is 2. The molecule has 8 nitrogen and oxygen atoms in total. The van der Waals surface area contributed by atoms with Crippen molar-refractivity contribution in [1.82, 2.24) is 10.6 Å². The number of unbranched alkanes of at least 4 members (excludes halogenated alkanes) is 1. The number of thioether (sulfide) groups is 2. The highest BCUT2D eigenvalue weighted by Gasteiger charge is 2.36. The van der Waals surface area contributed by atoms with E-state index >= 15 is 0 Å². The Balaban J connectivity index is 2.51. The van der Waals surface area contributed by atoms with Crippen molar-refractivity contribution in [3.05, 3.63) is 0 Å². The van der Waals surface area contributed by atoms with E-state index in [1.807, 2.05) is 20.8 Å². The summed E-state index contributed by atoms with van der Waals surface area (Å²) in [6.45, 7) is 12.7. The van der Waals surface area contributed by atoms with Gasteiger partial charge in [0.25, 0.3) is 0 Å². The van der Waals surface area contributed by atoms with Gasteiger partial charge in [-0.1, -0.05) is 27.2 Å². The lowest BCUT2D eigenvalue weighted by Gasteiger charge is -2.37. The van der Waals surface area contributed by atoms with Crippen molar-refractivity contribution in [3.8, 4) is 0 Å². The van der Waals surface area contributed by atoms with E-state index in [-0.39, 0.29) is 27.7 Å². The van der Waals surface area contributed by atoms with Crippen molar-refractivity contribution in [2.24, 2.45) is 5.41 Å². The fourth-order valence-corrected chi connectivity index (χ4v) is 6.38. The number of hydrogen-bond donors (Lipinski definition) is 4. The van der Waals surface area contributed by atoms with Crippen molar-refractivity contribution in [2.45, 2.75) is 102 Å². The molecule has 198 valence electrons. The van der Waals surface area contributed by atoms with E-state index in [2.05, 4.69) is 17.6 Å². The molecule has 1 rings (SSSR count). The van der Waals surface area contributed by atoms with Gasteiger partial charge in [-0.25, -0.2) is 4.79 Å². The normalized spacial score (nSPS) is 20.3. The van der Waals surface area contributed by atoms with Gasteiger partial charge in [-0.2, -0.15) is 23.5 Å². The molecule has 4 unspecified atom stereocenters. The quantitative estimate of drug-likeness (QED) is 0.213. The minimum Gasteiger partial charge on any atom is -0.480 e. The molecule has 1 aliphatic carbocycles. The first-order chi connectivity index (χ1) is 15.8. The van der Waals surface area contributed by atoms with Crippen molar-refractivity contribution < 1.29 is 29.3 Å². The molecule has 4 N–H and O–H groups in total. The van der Waals surface area contributed by atoms with Crippen molar-refractivity contribution in [2.75, 3.05) is 24.7 Å². The van der Waals surface area contributed by atoms with Crippen LogP contribution in [0.25, 0.3) is 0 Å². The Bertz CT molecular complexity index is 668. The summed E-state index contributed by atoms with van der Waals surface area (Å²) in [5, 5.41) is 25.5. The van der Waals surface area contributed by atoms with Gasteiger partial charge in [0, 0.05) is 46.2 Å². The monoisotopic (exact) mass is 520 g/mol. The summed E-state index contributed by atoms with van der Waals surface area (Å²) in [7, 11) is 0. The Kier molecular flexibility index (Phi) is 13.3. The Morgan fingerprint density at radius 1 is 0.941 bits per heavy atom. The second kappa shape index (κ2) is 14.6. The highest BCUT2D eigenvalue weighted by molar-refractivity contribution is 8.04. The maximum atomic E-state index is 12.7. The van der Waals surface area contributed by atoms with Gasteiger partial charge in [0.2, 0.25) is 5.91 Å². The van der Waals surface area contributed by atoms with Crippen LogP contribution in [0.5, 0.6) is 0 Å². The lowest BCUT2D eigenvalue weighted by Crippen LogP contribution is -2.50. The van der Waals surface area contributed by atoms with Crippen LogP contribution in [0.15, 0.2) is 0 Å². The van der Waals surface area contributed by atoms with Gasteiger partial charge in [-0.15, -0.1) is 0 Å². The number of carboxylic acids is 2. The molecule has 4 atom stereocenters. The Morgan fingerprint density at radius 2 is 1.47 bits per heavy atom. The number of aliphatic carboxylic acids is 2. The predicted octanol–water partition coefficient (Wildman–Crippen LogP) is 3.63. The maximum Gasteiger partial charge on any atom is 0.327 e. The van der Waals surface area contributed by atoms with Crippen molar-refractivity contribution >= 4 is 41.4 Å². The predicted molar refractivity (Wildman–Crippen MR) is 140 cm³/mol. The fraction of sp³-hybridized carbons (Fsp3) is 0.875. The highest BCUT2D eigenvalue weighted by Crippen LogP contribution is 2.40. The highest BCUT2D eigenvalue weighted by atomic mass is 32.2. The topological polar surface area (TPSA) is 125 Å². The molecule has 10 heteroatoms. The molecule has 0 spiro atoms. The summed E-state index contributed by atoms with van der Waals surface area (Å²) < 4.78 is 5.56. The summed E-state index contributed by atoms with van der Waals surface area (Å²) in [5.41, 5.74) is -1.01. The van der Waals surface area contributed by atoms with Gasteiger partial charge >= 0.3 is 11.9 Å². The molecule has 0 saturated heterocycles. The zero-order valence-corrected chi connectivity index (χ0v) is 23.2. The molecule has 0 radical (unpaired) electrons. The second-order valence-electron chi connectivity index (χ2n) is 10.6. The first kappa shape index (κ1) is 31.1. The minimum absolute atomic E-state index is 0.257. The number of rotatable bonds is 17. The Morgan fingerprint density at radius 3 is 1.91 bits per heavy atom.